The van der Waals surface area contributed by atoms with E-state index in [0.29, 0.717) is 13.1 Å². The maximum Gasteiger partial charge on any atom is 0.323 e. The van der Waals surface area contributed by atoms with E-state index in [1.165, 1.54) is 28.2 Å². The summed E-state index contributed by atoms with van der Waals surface area (Å²) in [4.78, 5) is 24.0. The van der Waals surface area contributed by atoms with Crippen LogP contribution < -0.4 is 0 Å². The summed E-state index contributed by atoms with van der Waals surface area (Å²) in [5.74, 6) is -1.66. The smallest absolute Gasteiger partial charge is 0.323 e. The molecule has 22 heavy (non-hydrogen) atoms. The van der Waals surface area contributed by atoms with Gasteiger partial charge in [-0.3, -0.25) is 9.59 Å². The number of sulfonamides is 1. The van der Waals surface area contributed by atoms with Crippen molar-refractivity contribution in [2.24, 2.45) is 7.05 Å². The van der Waals surface area contributed by atoms with Crippen LogP contribution in [0.3, 0.4) is 0 Å². The highest BCUT2D eigenvalue weighted by Gasteiger charge is 2.30. The molecule has 9 heteroatoms. The Morgan fingerprint density at radius 2 is 1.91 bits per heavy atom. The summed E-state index contributed by atoms with van der Waals surface area (Å²) in [7, 11) is -0.678. The highest BCUT2D eigenvalue weighted by Crippen LogP contribution is 2.22. The molecule has 1 fully saturated rings. The Kier molecular flexibility index (Phi) is 4.57. The van der Waals surface area contributed by atoms with Gasteiger partial charge in [-0.1, -0.05) is 0 Å². The highest BCUT2D eigenvalue weighted by atomic mass is 32.2. The van der Waals surface area contributed by atoms with E-state index in [4.69, 9.17) is 5.11 Å². The summed E-state index contributed by atoms with van der Waals surface area (Å²) < 4.78 is 27.7. The average molecular weight is 329 g/mol. The summed E-state index contributed by atoms with van der Waals surface area (Å²) in [6.07, 6.45) is 3.05. The van der Waals surface area contributed by atoms with Crippen LogP contribution in [0, 0.1) is 0 Å². The van der Waals surface area contributed by atoms with E-state index in [1.54, 1.807) is 7.05 Å². The molecule has 0 spiro atoms. The van der Waals surface area contributed by atoms with Crippen LogP contribution in [0.15, 0.2) is 17.2 Å². The predicted molar refractivity (Wildman–Crippen MR) is 78.0 cm³/mol. The monoisotopic (exact) mass is 329 g/mol. The Morgan fingerprint density at radius 3 is 2.45 bits per heavy atom. The number of aliphatic carboxylic acids is 1. The van der Waals surface area contributed by atoms with Crippen LogP contribution in [0.5, 0.6) is 0 Å². The number of carboxylic acid groups (broad SMARTS) is 1. The van der Waals surface area contributed by atoms with E-state index in [1.807, 2.05) is 0 Å². The molecule has 122 valence electrons. The largest absolute Gasteiger partial charge is 0.480 e. The third kappa shape index (κ3) is 3.14. The first-order valence-corrected chi connectivity index (χ1v) is 8.31. The third-order valence-corrected chi connectivity index (χ3v) is 5.48. The van der Waals surface area contributed by atoms with E-state index in [0.717, 1.165) is 17.7 Å². The number of likely N-dealkylation sites (N-methyl/N-ethyl adjacent to an activating group) is 1. The minimum atomic E-state index is -3.60. The summed E-state index contributed by atoms with van der Waals surface area (Å²) in [6.45, 7) is 0.525. The Hall–Kier alpha value is -1.87. The number of hydrogen-bond donors (Lipinski definition) is 1. The van der Waals surface area contributed by atoms with Crippen LogP contribution in [-0.4, -0.2) is 65.9 Å². The number of aryl methyl sites for hydroxylation is 1. The Balaban J connectivity index is 2.28. The first-order valence-electron chi connectivity index (χ1n) is 6.87. The van der Waals surface area contributed by atoms with Crippen LogP contribution in [0.1, 0.15) is 23.3 Å². The molecule has 1 aromatic rings. The zero-order chi connectivity index (χ0) is 16.5. The molecule has 8 nitrogen and oxygen atoms in total. The van der Waals surface area contributed by atoms with Crippen LogP contribution >= 0.6 is 0 Å². The average Bonchev–Trinajstić information content (AvgIpc) is 3.06. The SMILES string of the molecule is CN(CC(=O)O)C(=O)c1cc(S(=O)(=O)N2CCCC2)cn1C. The molecular formula is C13H19N3O5S. The molecule has 0 saturated carbocycles. The molecule has 0 unspecified atom stereocenters. The van der Waals surface area contributed by atoms with Crippen molar-refractivity contribution < 1.29 is 23.1 Å². The molecule has 2 rings (SSSR count). The fraction of sp³-hybridized carbons (Fsp3) is 0.538. The van der Waals surface area contributed by atoms with Crippen LogP contribution in [0.4, 0.5) is 0 Å². The topological polar surface area (TPSA) is 99.9 Å². The van der Waals surface area contributed by atoms with Crippen LogP contribution in [0.2, 0.25) is 0 Å². The Labute approximate surface area is 129 Å². The summed E-state index contributed by atoms with van der Waals surface area (Å²) in [6, 6.07) is 1.30. The van der Waals surface area contributed by atoms with Gasteiger partial charge in [0, 0.05) is 33.4 Å². The van der Waals surface area contributed by atoms with Gasteiger partial charge >= 0.3 is 5.97 Å². The zero-order valence-corrected chi connectivity index (χ0v) is 13.3. The lowest BCUT2D eigenvalue weighted by molar-refractivity contribution is -0.137. The number of nitrogens with zero attached hydrogens (tertiary/aromatic N) is 3. The predicted octanol–water partition coefficient (Wildman–Crippen LogP) is -0.0338. The Morgan fingerprint density at radius 1 is 1.32 bits per heavy atom. The number of carboxylic acids is 1. The number of amides is 1. The minimum absolute atomic E-state index is 0.0592. The highest BCUT2D eigenvalue weighted by molar-refractivity contribution is 7.89. The maximum absolute atomic E-state index is 12.5. The fourth-order valence-corrected chi connectivity index (χ4v) is 4.02. The van der Waals surface area contributed by atoms with Crippen molar-refractivity contribution in [1.29, 1.82) is 0 Å². The molecule has 0 bridgehead atoms. The fourth-order valence-electron chi connectivity index (χ4n) is 2.44. The van der Waals surface area contributed by atoms with Crippen LogP contribution in [-0.2, 0) is 21.9 Å². The van der Waals surface area contributed by atoms with E-state index in [-0.39, 0.29) is 10.6 Å². The standard InChI is InChI=1S/C13H19N3O5S/c1-14-8-10(22(20,21)16-5-3-4-6-16)7-11(14)13(19)15(2)9-12(17)18/h7-8H,3-6,9H2,1-2H3,(H,17,18). The van der Waals surface area contributed by atoms with Gasteiger partial charge in [0.1, 0.15) is 17.1 Å². The molecule has 0 aromatic carbocycles. The second kappa shape index (κ2) is 6.09. The third-order valence-electron chi connectivity index (χ3n) is 3.62. The van der Waals surface area contributed by atoms with Gasteiger partial charge in [-0.2, -0.15) is 4.31 Å². The molecule has 0 radical (unpaired) electrons. The molecule has 1 amide bonds. The van der Waals surface area contributed by atoms with E-state index >= 15 is 0 Å². The summed E-state index contributed by atoms with van der Waals surface area (Å²) >= 11 is 0. The van der Waals surface area contributed by atoms with E-state index < -0.39 is 28.4 Å². The van der Waals surface area contributed by atoms with Crippen LogP contribution in [0.25, 0.3) is 0 Å². The van der Waals surface area contributed by atoms with Gasteiger partial charge in [-0.05, 0) is 18.9 Å². The minimum Gasteiger partial charge on any atom is -0.480 e. The molecule has 1 aromatic heterocycles. The van der Waals surface area contributed by atoms with Crippen molar-refractivity contribution in [3.05, 3.63) is 18.0 Å². The zero-order valence-electron chi connectivity index (χ0n) is 12.5. The molecule has 1 saturated heterocycles. The number of aromatic nitrogens is 1. The molecule has 1 N–H and O–H groups in total. The van der Waals surface area contributed by atoms with Gasteiger partial charge in [0.15, 0.2) is 0 Å². The number of rotatable bonds is 5. The second-order valence-corrected chi connectivity index (χ2v) is 7.28. The molecular weight excluding hydrogens is 310 g/mol. The van der Waals surface area contributed by atoms with Gasteiger partial charge in [0.05, 0.1) is 0 Å². The van der Waals surface area contributed by atoms with Gasteiger partial charge in [-0.25, -0.2) is 8.42 Å². The van der Waals surface area contributed by atoms with Gasteiger partial charge in [-0.15, -0.1) is 0 Å². The molecule has 1 aliphatic rings. The number of carbonyl (C=O) groups is 2. The lowest BCUT2D eigenvalue weighted by Crippen LogP contribution is -2.33. The van der Waals surface area contributed by atoms with Crippen molar-refractivity contribution in [3.63, 3.8) is 0 Å². The lowest BCUT2D eigenvalue weighted by Gasteiger charge is -2.14. The summed E-state index contributed by atoms with van der Waals surface area (Å²) in [5, 5.41) is 8.72. The number of hydrogen-bond acceptors (Lipinski definition) is 4. The normalized spacial score (nSPS) is 15.9. The van der Waals surface area contributed by atoms with E-state index in [2.05, 4.69) is 0 Å². The number of carbonyl (C=O) groups excluding carboxylic acids is 1. The molecule has 1 aliphatic heterocycles. The van der Waals surface area contributed by atoms with Crippen molar-refractivity contribution in [1.82, 2.24) is 13.8 Å². The van der Waals surface area contributed by atoms with Crippen molar-refractivity contribution in [3.8, 4) is 0 Å². The van der Waals surface area contributed by atoms with Gasteiger partial charge < -0.3 is 14.6 Å². The first kappa shape index (κ1) is 16.5. The van der Waals surface area contributed by atoms with Gasteiger partial charge in [0.2, 0.25) is 10.0 Å². The molecule has 0 atom stereocenters. The second-order valence-electron chi connectivity index (χ2n) is 5.34. The quantitative estimate of drug-likeness (QED) is 0.817. The summed E-state index contributed by atoms with van der Waals surface area (Å²) in [5.41, 5.74) is 0.140. The Bertz CT molecular complexity index is 689. The molecule has 0 aliphatic carbocycles. The van der Waals surface area contributed by atoms with Crippen molar-refractivity contribution in [2.45, 2.75) is 17.7 Å². The first-order chi connectivity index (χ1) is 10.2. The maximum atomic E-state index is 12.5. The lowest BCUT2D eigenvalue weighted by atomic mass is 10.3. The van der Waals surface area contributed by atoms with E-state index in [9.17, 15) is 18.0 Å². The van der Waals surface area contributed by atoms with Crippen molar-refractivity contribution >= 4 is 21.9 Å². The van der Waals surface area contributed by atoms with Gasteiger partial charge in [0.25, 0.3) is 5.91 Å². The van der Waals surface area contributed by atoms with Crippen molar-refractivity contribution in [2.75, 3.05) is 26.7 Å². The molecule has 2 heterocycles.